The normalized spacial score (nSPS) is 13.6. The zero-order valence-corrected chi connectivity index (χ0v) is 19.0. The van der Waals surface area contributed by atoms with Crippen LogP contribution in [0.4, 0.5) is 18.9 Å². The van der Waals surface area contributed by atoms with E-state index < -0.39 is 51.1 Å². The lowest BCUT2D eigenvalue weighted by Crippen LogP contribution is -2.35. The maximum absolute atomic E-state index is 13.3. The number of amides is 1. The quantitative estimate of drug-likeness (QED) is 0.574. The van der Waals surface area contributed by atoms with E-state index in [9.17, 15) is 31.2 Å². The van der Waals surface area contributed by atoms with Crippen molar-refractivity contribution in [2.45, 2.75) is 31.0 Å². The van der Waals surface area contributed by atoms with Gasteiger partial charge in [0.1, 0.15) is 6.04 Å². The van der Waals surface area contributed by atoms with Gasteiger partial charge < -0.3 is 9.73 Å². The lowest BCUT2D eigenvalue weighted by Gasteiger charge is -2.22. The molecule has 1 amide bonds. The van der Waals surface area contributed by atoms with Crippen molar-refractivity contribution in [2.24, 2.45) is 5.92 Å². The van der Waals surface area contributed by atoms with Crippen LogP contribution in [0.3, 0.4) is 0 Å². The molecule has 3 rings (SSSR count). The molecule has 0 aliphatic rings. The van der Waals surface area contributed by atoms with Crippen molar-refractivity contribution in [2.75, 3.05) is 19.4 Å². The number of para-hydroxylation sites is 1. The van der Waals surface area contributed by atoms with Crippen LogP contribution in [0.2, 0.25) is 0 Å². The average molecular weight is 485 g/mol. The number of rotatable bonds is 6. The molecule has 1 aromatic heterocycles. The molecule has 1 atom stereocenters. The van der Waals surface area contributed by atoms with Gasteiger partial charge in [-0.1, -0.05) is 26.0 Å². The first-order chi connectivity index (χ1) is 15.2. The molecule has 0 bridgehead atoms. The summed E-state index contributed by atoms with van der Waals surface area (Å²) in [6.45, 7) is 3.24. The summed E-state index contributed by atoms with van der Waals surface area (Å²) in [4.78, 5) is 25.6. The van der Waals surface area contributed by atoms with Crippen molar-refractivity contribution in [1.29, 1.82) is 0 Å². The molecule has 12 heteroatoms. The van der Waals surface area contributed by atoms with Crippen molar-refractivity contribution in [1.82, 2.24) is 8.87 Å². The maximum Gasteiger partial charge on any atom is 0.420 e. The Balaban J connectivity index is 2.08. The molecule has 0 saturated heterocycles. The van der Waals surface area contributed by atoms with E-state index in [-0.39, 0.29) is 16.0 Å². The number of benzene rings is 2. The largest absolute Gasteiger partial charge is 0.420 e. The first-order valence-corrected chi connectivity index (χ1v) is 11.2. The number of hydrogen-bond donors (Lipinski definition) is 1. The van der Waals surface area contributed by atoms with E-state index in [4.69, 9.17) is 4.42 Å². The van der Waals surface area contributed by atoms with Gasteiger partial charge >= 0.3 is 11.9 Å². The van der Waals surface area contributed by atoms with Crippen LogP contribution >= 0.6 is 0 Å². The number of carbonyl (C=O) groups is 1. The summed E-state index contributed by atoms with van der Waals surface area (Å²) in [5, 5.41) is 2.27. The first-order valence-electron chi connectivity index (χ1n) is 9.80. The molecule has 0 spiro atoms. The second-order valence-corrected chi connectivity index (χ2v) is 10.0. The third-order valence-electron chi connectivity index (χ3n) is 5.03. The number of anilines is 1. The number of carbonyl (C=O) groups excluding carboxylic acids is 1. The van der Waals surface area contributed by atoms with Gasteiger partial charge in [0.25, 0.3) is 0 Å². The molecule has 0 aliphatic carbocycles. The second-order valence-electron chi connectivity index (χ2n) is 7.88. The highest BCUT2D eigenvalue weighted by Crippen LogP contribution is 2.35. The maximum atomic E-state index is 13.3. The predicted octanol–water partition coefficient (Wildman–Crippen LogP) is 3.70. The molecule has 178 valence electrons. The lowest BCUT2D eigenvalue weighted by atomic mass is 10.0. The van der Waals surface area contributed by atoms with Gasteiger partial charge in [0, 0.05) is 20.2 Å². The molecular weight excluding hydrogens is 463 g/mol. The highest BCUT2D eigenvalue weighted by atomic mass is 32.2. The Morgan fingerprint density at radius 2 is 1.76 bits per heavy atom. The van der Waals surface area contributed by atoms with E-state index in [1.807, 2.05) is 0 Å². The van der Waals surface area contributed by atoms with Crippen LogP contribution in [0, 0.1) is 5.92 Å². The van der Waals surface area contributed by atoms with Crippen LogP contribution < -0.4 is 11.1 Å². The smallest absolute Gasteiger partial charge is 0.408 e. The molecular formula is C21H22F3N3O5S. The summed E-state index contributed by atoms with van der Waals surface area (Å²) in [7, 11) is -1.12. The molecule has 0 radical (unpaired) electrons. The van der Waals surface area contributed by atoms with Crippen LogP contribution in [-0.4, -0.2) is 37.3 Å². The molecule has 1 N–H and O–H groups in total. The predicted molar refractivity (Wildman–Crippen MR) is 115 cm³/mol. The molecule has 0 aliphatic heterocycles. The third kappa shape index (κ3) is 4.67. The first kappa shape index (κ1) is 24.5. The van der Waals surface area contributed by atoms with Gasteiger partial charge in [0.05, 0.1) is 21.7 Å². The Bertz CT molecular complexity index is 1360. The monoisotopic (exact) mass is 485 g/mol. The number of halogens is 3. The molecule has 0 saturated carbocycles. The van der Waals surface area contributed by atoms with E-state index in [0.717, 1.165) is 27.1 Å². The fourth-order valence-electron chi connectivity index (χ4n) is 3.42. The lowest BCUT2D eigenvalue weighted by molar-refractivity contribution is -0.137. The van der Waals surface area contributed by atoms with Crippen molar-refractivity contribution in [3.05, 3.63) is 58.6 Å². The molecule has 1 unspecified atom stereocenters. The zero-order chi connectivity index (χ0) is 24.7. The highest BCUT2D eigenvalue weighted by molar-refractivity contribution is 7.89. The number of fused-ring (bicyclic) bond motifs is 1. The average Bonchev–Trinajstić information content (AvgIpc) is 3.02. The third-order valence-corrected chi connectivity index (χ3v) is 6.84. The summed E-state index contributed by atoms with van der Waals surface area (Å²) in [6.07, 6.45) is -4.69. The van der Waals surface area contributed by atoms with Crippen molar-refractivity contribution in [3.63, 3.8) is 0 Å². The minimum absolute atomic E-state index is 0.0722. The van der Waals surface area contributed by atoms with Gasteiger partial charge in [0.2, 0.25) is 15.9 Å². The SMILES string of the molecule is CC(C)C(C(=O)Nc1ccccc1C(F)(F)F)n1c(=O)oc2cc(S(=O)(=O)N(C)C)ccc21. The van der Waals surface area contributed by atoms with Gasteiger partial charge in [-0.15, -0.1) is 0 Å². The van der Waals surface area contributed by atoms with Gasteiger partial charge in [-0.05, 0) is 30.2 Å². The van der Waals surface area contributed by atoms with Crippen molar-refractivity contribution in [3.8, 4) is 0 Å². The van der Waals surface area contributed by atoms with Crippen LogP contribution in [0.1, 0.15) is 25.5 Å². The van der Waals surface area contributed by atoms with Crippen LogP contribution in [0.25, 0.3) is 11.1 Å². The van der Waals surface area contributed by atoms with Gasteiger partial charge in [-0.2, -0.15) is 13.2 Å². The number of nitrogens with one attached hydrogen (secondary N) is 1. The van der Waals surface area contributed by atoms with Crippen LogP contribution in [0.15, 0.2) is 56.6 Å². The summed E-state index contributed by atoms with van der Waals surface area (Å²) < 4.78 is 71.9. The van der Waals surface area contributed by atoms with Gasteiger partial charge in [-0.3, -0.25) is 9.36 Å². The highest BCUT2D eigenvalue weighted by Gasteiger charge is 2.35. The summed E-state index contributed by atoms with van der Waals surface area (Å²) in [6, 6.07) is 7.03. The van der Waals surface area contributed by atoms with E-state index in [2.05, 4.69) is 5.32 Å². The summed E-state index contributed by atoms with van der Waals surface area (Å²) in [5.74, 6) is -2.31. The topological polar surface area (TPSA) is 102 Å². The standard InChI is InChI=1S/C21H22F3N3O5S/c1-12(2)18(19(28)25-15-8-6-5-7-14(15)21(22,23)24)27-16-10-9-13(33(30,31)26(3)4)11-17(16)32-20(27)29/h5-12,18H,1-4H3,(H,25,28). The number of nitrogens with zero attached hydrogens (tertiary/aromatic N) is 2. The molecule has 1 heterocycles. The Morgan fingerprint density at radius 1 is 1.12 bits per heavy atom. The number of aromatic nitrogens is 1. The number of sulfonamides is 1. The number of oxazole rings is 1. The summed E-state index contributed by atoms with van der Waals surface area (Å²) in [5.41, 5.74) is -1.41. The van der Waals surface area contributed by atoms with E-state index in [1.165, 1.54) is 38.4 Å². The van der Waals surface area contributed by atoms with E-state index in [1.54, 1.807) is 13.8 Å². The molecule has 33 heavy (non-hydrogen) atoms. The van der Waals surface area contributed by atoms with Gasteiger partial charge in [-0.25, -0.2) is 17.5 Å². The van der Waals surface area contributed by atoms with Crippen LogP contribution in [-0.2, 0) is 21.0 Å². The Kier molecular flexibility index (Phi) is 6.44. The van der Waals surface area contributed by atoms with Crippen molar-refractivity contribution >= 4 is 32.7 Å². The molecule has 2 aromatic carbocycles. The Morgan fingerprint density at radius 3 is 2.33 bits per heavy atom. The van der Waals surface area contributed by atoms with E-state index >= 15 is 0 Å². The van der Waals surface area contributed by atoms with E-state index in [0.29, 0.717) is 0 Å². The molecule has 8 nitrogen and oxygen atoms in total. The number of alkyl halides is 3. The Hall–Kier alpha value is -3.12. The minimum atomic E-state index is -4.69. The fraction of sp³-hybridized carbons (Fsp3) is 0.333. The molecule has 0 fully saturated rings. The minimum Gasteiger partial charge on any atom is -0.408 e. The molecule has 3 aromatic rings. The van der Waals surface area contributed by atoms with Crippen molar-refractivity contribution < 1.29 is 30.8 Å². The Labute approximate surface area is 187 Å². The van der Waals surface area contributed by atoms with Gasteiger partial charge in [0.15, 0.2) is 5.58 Å². The fourth-order valence-corrected chi connectivity index (χ4v) is 4.33. The second kappa shape index (κ2) is 8.67. The zero-order valence-electron chi connectivity index (χ0n) is 18.2. The number of hydrogen-bond acceptors (Lipinski definition) is 5. The summed E-state index contributed by atoms with van der Waals surface area (Å²) >= 11 is 0. The van der Waals surface area contributed by atoms with Crippen LogP contribution in [0.5, 0.6) is 0 Å².